The highest BCUT2D eigenvalue weighted by Crippen LogP contribution is 2.42. The van der Waals surface area contributed by atoms with Crippen LogP contribution in [0, 0.1) is 6.92 Å². The Labute approximate surface area is 191 Å². The third kappa shape index (κ3) is 4.25. The summed E-state index contributed by atoms with van der Waals surface area (Å²) >= 11 is 0. The molecule has 168 valence electrons. The SMILES string of the molecule is COc1ccc(C=C2Oc3cc(OC(=O)c4ccc(C)cc4)ccc3C2=O)c(OC)c1OC. The number of carbonyl (C=O) groups is 2. The third-order valence-electron chi connectivity index (χ3n) is 5.16. The highest BCUT2D eigenvalue weighted by molar-refractivity contribution is 6.14. The van der Waals surface area contributed by atoms with Crippen LogP contribution in [0.3, 0.4) is 0 Å². The Bertz CT molecular complexity index is 1260. The van der Waals surface area contributed by atoms with Gasteiger partial charge in [-0.25, -0.2) is 4.79 Å². The van der Waals surface area contributed by atoms with Crippen LogP contribution in [-0.4, -0.2) is 33.1 Å². The lowest BCUT2D eigenvalue weighted by Crippen LogP contribution is -2.08. The van der Waals surface area contributed by atoms with Crippen LogP contribution in [0.4, 0.5) is 0 Å². The molecule has 0 atom stereocenters. The van der Waals surface area contributed by atoms with Crippen molar-refractivity contribution in [1.82, 2.24) is 0 Å². The molecule has 0 unspecified atom stereocenters. The summed E-state index contributed by atoms with van der Waals surface area (Å²) in [4.78, 5) is 25.3. The molecule has 0 radical (unpaired) electrons. The van der Waals surface area contributed by atoms with Crippen LogP contribution in [0.25, 0.3) is 6.08 Å². The fraction of sp³-hybridized carbons (Fsp3) is 0.154. The fourth-order valence-corrected chi connectivity index (χ4v) is 3.47. The van der Waals surface area contributed by atoms with Crippen LogP contribution < -0.4 is 23.7 Å². The largest absolute Gasteiger partial charge is 0.493 e. The summed E-state index contributed by atoms with van der Waals surface area (Å²) in [5.74, 6) is 1.21. The normalized spacial score (nSPS) is 13.3. The summed E-state index contributed by atoms with van der Waals surface area (Å²) in [5, 5.41) is 0. The summed E-state index contributed by atoms with van der Waals surface area (Å²) in [6.45, 7) is 1.94. The van der Waals surface area contributed by atoms with E-state index in [1.54, 1.807) is 42.5 Å². The number of esters is 1. The Kier molecular flexibility index (Phi) is 6.04. The standard InChI is InChI=1S/C26H22O7/c1-15-5-7-16(8-6-15)26(28)32-18-10-11-19-21(14-18)33-22(23(19)27)13-17-9-12-20(29-2)25(31-4)24(17)30-3/h5-14H,1-4H3. The Morgan fingerprint density at radius 1 is 0.879 bits per heavy atom. The van der Waals surface area contributed by atoms with Gasteiger partial charge in [-0.05, 0) is 49.4 Å². The molecule has 0 amide bonds. The van der Waals surface area contributed by atoms with E-state index in [1.165, 1.54) is 27.4 Å². The number of hydrogen-bond donors (Lipinski definition) is 0. The maximum absolute atomic E-state index is 12.9. The van der Waals surface area contributed by atoms with E-state index in [9.17, 15) is 9.59 Å². The fourth-order valence-electron chi connectivity index (χ4n) is 3.47. The molecule has 7 nitrogen and oxygen atoms in total. The van der Waals surface area contributed by atoms with Gasteiger partial charge in [0, 0.05) is 11.6 Å². The Balaban J connectivity index is 1.60. The molecule has 0 saturated heterocycles. The van der Waals surface area contributed by atoms with Crippen molar-refractivity contribution in [3.05, 3.63) is 82.6 Å². The summed E-state index contributed by atoms with van der Waals surface area (Å²) in [5.41, 5.74) is 2.42. The predicted octanol–water partition coefficient (Wildman–Crippen LogP) is 4.86. The lowest BCUT2D eigenvalue weighted by Gasteiger charge is -2.14. The average Bonchev–Trinajstić information content (AvgIpc) is 3.13. The number of rotatable bonds is 6. The maximum Gasteiger partial charge on any atom is 0.343 e. The Morgan fingerprint density at radius 2 is 1.61 bits per heavy atom. The van der Waals surface area contributed by atoms with Gasteiger partial charge in [-0.2, -0.15) is 0 Å². The van der Waals surface area contributed by atoms with Gasteiger partial charge in [-0.15, -0.1) is 0 Å². The summed E-state index contributed by atoms with van der Waals surface area (Å²) in [7, 11) is 4.53. The molecule has 1 heterocycles. The van der Waals surface area contributed by atoms with E-state index >= 15 is 0 Å². The summed E-state index contributed by atoms with van der Waals surface area (Å²) < 4.78 is 27.4. The summed E-state index contributed by atoms with van der Waals surface area (Å²) in [6, 6.07) is 15.2. The molecule has 0 fully saturated rings. The van der Waals surface area contributed by atoms with E-state index < -0.39 is 5.97 Å². The first-order valence-electron chi connectivity index (χ1n) is 10.1. The number of carbonyl (C=O) groups excluding carboxylic acids is 2. The molecular formula is C26H22O7. The zero-order chi connectivity index (χ0) is 23.5. The van der Waals surface area contributed by atoms with E-state index in [2.05, 4.69) is 0 Å². The highest BCUT2D eigenvalue weighted by atomic mass is 16.5. The van der Waals surface area contributed by atoms with Crippen LogP contribution in [0.5, 0.6) is 28.7 Å². The predicted molar refractivity (Wildman–Crippen MR) is 122 cm³/mol. The molecule has 1 aliphatic rings. The number of ether oxygens (including phenoxy) is 5. The number of allylic oxidation sites excluding steroid dienone is 1. The molecular weight excluding hydrogens is 424 g/mol. The van der Waals surface area contributed by atoms with Crippen molar-refractivity contribution >= 4 is 17.8 Å². The van der Waals surface area contributed by atoms with Crippen LogP contribution >= 0.6 is 0 Å². The first-order chi connectivity index (χ1) is 15.9. The van der Waals surface area contributed by atoms with Crippen molar-refractivity contribution < 1.29 is 33.3 Å². The zero-order valence-electron chi connectivity index (χ0n) is 18.6. The van der Waals surface area contributed by atoms with Crippen molar-refractivity contribution in [2.75, 3.05) is 21.3 Å². The second-order valence-corrected chi connectivity index (χ2v) is 7.28. The molecule has 0 N–H and O–H groups in total. The molecule has 0 bridgehead atoms. The van der Waals surface area contributed by atoms with E-state index in [-0.39, 0.29) is 17.3 Å². The monoisotopic (exact) mass is 446 g/mol. The van der Waals surface area contributed by atoms with Crippen molar-refractivity contribution in [1.29, 1.82) is 0 Å². The van der Waals surface area contributed by atoms with Crippen LogP contribution in [0.2, 0.25) is 0 Å². The number of aryl methyl sites for hydroxylation is 1. The quantitative estimate of drug-likeness (QED) is 0.304. The molecule has 0 saturated carbocycles. The van der Waals surface area contributed by atoms with Crippen molar-refractivity contribution in [3.63, 3.8) is 0 Å². The second-order valence-electron chi connectivity index (χ2n) is 7.28. The number of Topliss-reactive ketones (excluding diaryl/α,β-unsaturated/α-hetero) is 1. The van der Waals surface area contributed by atoms with E-state index in [0.717, 1.165) is 5.56 Å². The Morgan fingerprint density at radius 3 is 2.27 bits per heavy atom. The number of fused-ring (bicyclic) bond motifs is 1. The van der Waals surface area contributed by atoms with Gasteiger partial charge in [0.15, 0.2) is 17.3 Å². The maximum atomic E-state index is 12.9. The molecule has 3 aromatic carbocycles. The first-order valence-corrected chi connectivity index (χ1v) is 10.1. The van der Waals surface area contributed by atoms with E-state index in [1.807, 2.05) is 19.1 Å². The lowest BCUT2D eigenvalue weighted by atomic mass is 10.1. The summed E-state index contributed by atoms with van der Waals surface area (Å²) in [6.07, 6.45) is 1.57. The topological polar surface area (TPSA) is 80.3 Å². The van der Waals surface area contributed by atoms with Gasteiger partial charge in [0.1, 0.15) is 11.5 Å². The number of hydrogen-bond acceptors (Lipinski definition) is 7. The van der Waals surface area contributed by atoms with E-state index in [0.29, 0.717) is 39.7 Å². The molecule has 1 aliphatic heterocycles. The van der Waals surface area contributed by atoms with Crippen LogP contribution in [0.1, 0.15) is 31.8 Å². The van der Waals surface area contributed by atoms with Gasteiger partial charge < -0.3 is 23.7 Å². The van der Waals surface area contributed by atoms with Gasteiger partial charge in [-0.3, -0.25) is 4.79 Å². The number of methoxy groups -OCH3 is 3. The van der Waals surface area contributed by atoms with Gasteiger partial charge in [-0.1, -0.05) is 17.7 Å². The Hall–Kier alpha value is -4.26. The third-order valence-corrected chi connectivity index (χ3v) is 5.16. The molecule has 4 rings (SSSR count). The zero-order valence-corrected chi connectivity index (χ0v) is 18.6. The average molecular weight is 446 g/mol. The minimum Gasteiger partial charge on any atom is -0.493 e. The minimum absolute atomic E-state index is 0.109. The minimum atomic E-state index is -0.495. The van der Waals surface area contributed by atoms with Gasteiger partial charge in [0.05, 0.1) is 32.5 Å². The molecule has 7 heteroatoms. The van der Waals surface area contributed by atoms with Crippen molar-refractivity contribution in [3.8, 4) is 28.7 Å². The van der Waals surface area contributed by atoms with Crippen molar-refractivity contribution in [2.45, 2.75) is 6.92 Å². The molecule has 0 aliphatic carbocycles. The lowest BCUT2D eigenvalue weighted by molar-refractivity contribution is 0.0734. The van der Waals surface area contributed by atoms with E-state index in [4.69, 9.17) is 23.7 Å². The first kappa shape index (κ1) is 22.0. The van der Waals surface area contributed by atoms with Gasteiger partial charge in [0.25, 0.3) is 0 Å². The van der Waals surface area contributed by atoms with Crippen LogP contribution in [0.15, 0.2) is 60.4 Å². The number of ketones is 1. The van der Waals surface area contributed by atoms with Crippen LogP contribution in [-0.2, 0) is 0 Å². The molecule has 0 spiro atoms. The molecule has 3 aromatic rings. The van der Waals surface area contributed by atoms with Crippen molar-refractivity contribution in [2.24, 2.45) is 0 Å². The number of benzene rings is 3. The second kappa shape index (κ2) is 9.08. The molecule has 0 aromatic heterocycles. The van der Waals surface area contributed by atoms with Gasteiger partial charge >= 0.3 is 5.97 Å². The highest BCUT2D eigenvalue weighted by Gasteiger charge is 2.29. The smallest absolute Gasteiger partial charge is 0.343 e. The van der Waals surface area contributed by atoms with Gasteiger partial charge in [0.2, 0.25) is 11.5 Å². The molecule has 33 heavy (non-hydrogen) atoms.